The van der Waals surface area contributed by atoms with Crippen LogP contribution < -0.4 is 11.0 Å². The zero-order valence-corrected chi connectivity index (χ0v) is 9.59. The zero-order chi connectivity index (χ0) is 12.4. The van der Waals surface area contributed by atoms with Crippen molar-refractivity contribution in [2.45, 2.75) is 22.8 Å². The molecule has 2 heterocycles. The van der Waals surface area contributed by atoms with E-state index in [-0.39, 0.29) is 6.61 Å². The van der Waals surface area contributed by atoms with Crippen molar-refractivity contribution in [2.75, 3.05) is 11.9 Å². The Hall–Kier alpha value is -1.09. The van der Waals surface area contributed by atoms with Crippen molar-refractivity contribution in [3.05, 3.63) is 22.7 Å². The fourth-order valence-electron chi connectivity index (χ4n) is 1.62. The monoisotopic (exact) mass is 259 g/mol. The summed E-state index contributed by atoms with van der Waals surface area (Å²) < 4.78 is 0. The van der Waals surface area contributed by atoms with Gasteiger partial charge in [0.2, 0.25) is 0 Å². The summed E-state index contributed by atoms with van der Waals surface area (Å²) in [4.78, 5) is 17.0. The highest BCUT2D eigenvalue weighted by molar-refractivity contribution is 8.01. The molecule has 0 unspecified atom stereocenters. The van der Waals surface area contributed by atoms with Gasteiger partial charge in [-0.3, -0.25) is 0 Å². The van der Waals surface area contributed by atoms with Crippen LogP contribution in [0.1, 0.15) is 0 Å². The predicted octanol–water partition coefficient (Wildman–Crippen LogP) is -1.66. The third kappa shape index (κ3) is 2.60. The molecule has 2 rings (SSSR count). The number of nitrogens with one attached hydrogen (secondary N) is 2. The second kappa shape index (κ2) is 5.05. The highest BCUT2D eigenvalue weighted by atomic mass is 32.2. The molecular formula is C9H13N3O4S. The molecule has 7 nitrogen and oxygen atoms in total. The Kier molecular flexibility index (Phi) is 3.67. The van der Waals surface area contributed by atoms with Crippen molar-refractivity contribution in [1.82, 2.24) is 9.97 Å². The lowest BCUT2D eigenvalue weighted by molar-refractivity contribution is 0.0231. The number of nitrogens with zero attached hydrogens (tertiary/aromatic N) is 1. The molecule has 0 spiro atoms. The van der Waals surface area contributed by atoms with E-state index in [0.29, 0.717) is 5.82 Å². The van der Waals surface area contributed by atoms with Crippen LogP contribution in [0.15, 0.2) is 17.1 Å². The highest BCUT2D eigenvalue weighted by Gasteiger charge is 2.41. The number of H-pyrrole nitrogens is 1. The van der Waals surface area contributed by atoms with Crippen molar-refractivity contribution in [3.63, 3.8) is 0 Å². The molecular weight excluding hydrogens is 246 g/mol. The van der Waals surface area contributed by atoms with Gasteiger partial charge in [-0.15, -0.1) is 11.8 Å². The fourth-order valence-corrected chi connectivity index (χ4v) is 2.91. The van der Waals surface area contributed by atoms with Crippen LogP contribution in [-0.4, -0.2) is 54.7 Å². The number of aromatic amines is 1. The first kappa shape index (κ1) is 12.4. The van der Waals surface area contributed by atoms with E-state index in [1.807, 2.05) is 0 Å². The number of aliphatic hydroxyl groups excluding tert-OH is 3. The van der Waals surface area contributed by atoms with E-state index >= 15 is 0 Å². The molecule has 1 saturated heterocycles. The minimum absolute atomic E-state index is 0.218. The van der Waals surface area contributed by atoms with Crippen molar-refractivity contribution in [3.8, 4) is 0 Å². The first-order valence-corrected chi connectivity index (χ1v) is 6.01. The van der Waals surface area contributed by atoms with Gasteiger partial charge in [-0.2, -0.15) is 4.98 Å². The Morgan fingerprint density at radius 3 is 2.82 bits per heavy atom. The molecule has 1 aliphatic heterocycles. The van der Waals surface area contributed by atoms with E-state index in [9.17, 15) is 15.0 Å². The smallest absolute Gasteiger partial charge is 0.346 e. The van der Waals surface area contributed by atoms with Crippen molar-refractivity contribution in [1.29, 1.82) is 0 Å². The van der Waals surface area contributed by atoms with E-state index in [4.69, 9.17) is 5.11 Å². The van der Waals surface area contributed by atoms with Crippen LogP contribution in [0.5, 0.6) is 0 Å². The topological polar surface area (TPSA) is 118 Å². The van der Waals surface area contributed by atoms with Gasteiger partial charge in [0, 0.05) is 6.20 Å². The molecule has 0 saturated carbocycles. The third-order valence-corrected chi connectivity index (χ3v) is 3.97. The minimum Gasteiger partial charge on any atom is -0.395 e. The lowest BCUT2D eigenvalue weighted by atomic mass is 10.1. The maximum atomic E-state index is 11.0. The van der Waals surface area contributed by atoms with Gasteiger partial charge in [-0.1, -0.05) is 0 Å². The zero-order valence-electron chi connectivity index (χ0n) is 8.78. The molecule has 0 bridgehead atoms. The molecule has 0 aliphatic carbocycles. The molecule has 5 N–H and O–H groups in total. The lowest BCUT2D eigenvalue weighted by Gasteiger charge is -2.16. The van der Waals surface area contributed by atoms with Crippen molar-refractivity contribution in [2.24, 2.45) is 0 Å². The summed E-state index contributed by atoms with van der Waals surface area (Å²) in [6.07, 6.45) is -0.577. The number of aromatic nitrogens is 2. The van der Waals surface area contributed by atoms with Crippen LogP contribution in [0, 0.1) is 0 Å². The highest BCUT2D eigenvalue weighted by Crippen LogP contribution is 2.34. The first-order chi connectivity index (χ1) is 8.11. The second-order valence-corrected chi connectivity index (χ2v) is 5.07. The van der Waals surface area contributed by atoms with Crippen LogP contribution in [0.3, 0.4) is 0 Å². The van der Waals surface area contributed by atoms with E-state index < -0.39 is 28.5 Å². The van der Waals surface area contributed by atoms with Crippen LogP contribution >= 0.6 is 11.8 Å². The molecule has 1 aromatic rings. The van der Waals surface area contributed by atoms with E-state index in [1.54, 1.807) is 6.07 Å². The van der Waals surface area contributed by atoms with E-state index in [0.717, 1.165) is 0 Å². The van der Waals surface area contributed by atoms with Crippen LogP contribution in [0.2, 0.25) is 0 Å². The summed E-state index contributed by atoms with van der Waals surface area (Å²) in [5.41, 5.74) is -0.494. The van der Waals surface area contributed by atoms with Gasteiger partial charge in [0.1, 0.15) is 17.3 Å². The minimum atomic E-state index is -1.02. The SMILES string of the molecule is O=c1nc(N[C@@H]2S[C@H](CO)[C@@H](O)[C@H]2O)cc[nH]1. The van der Waals surface area contributed by atoms with Gasteiger partial charge in [0.05, 0.1) is 18.0 Å². The average Bonchev–Trinajstić information content (AvgIpc) is 2.57. The molecule has 0 amide bonds. The number of rotatable bonds is 3. The summed E-state index contributed by atoms with van der Waals surface area (Å²) in [5.74, 6) is 0.316. The normalized spacial score (nSPS) is 32.6. The van der Waals surface area contributed by atoms with Crippen LogP contribution in [0.4, 0.5) is 5.82 Å². The average molecular weight is 259 g/mol. The Balaban J connectivity index is 2.07. The van der Waals surface area contributed by atoms with Crippen molar-refractivity contribution >= 4 is 17.6 Å². The van der Waals surface area contributed by atoms with Gasteiger partial charge < -0.3 is 25.6 Å². The molecule has 4 atom stereocenters. The Labute approximate surface area is 101 Å². The Morgan fingerprint density at radius 2 is 2.24 bits per heavy atom. The standard InChI is InChI=1S/C9H13N3O4S/c13-3-4-6(14)7(15)8(17-4)11-5-1-2-10-9(16)12-5/h1-2,4,6-8,13-15H,3H2,(H2,10,11,12,16)/t4-,6-,7-,8-/m1/s1. The van der Waals surface area contributed by atoms with Gasteiger partial charge >= 0.3 is 5.69 Å². The first-order valence-electron chi connectivity index (χ1n) is 5.06. The summed E-state index contributed by atoms with van der Waals surface area (Å²) in [5, 5.41) is 30.2. The molecule has 1 aliphatic rings. The van der Waals surface area contributed by atoms with Gasteiger partial charge in [0.15, 0.2) is 0 Å². The van der Waals surface area contributed by atoms with Crippen molar-refractivity contribution < 1.29 is 15.3 Å². The van der Waals surface area contributed by atoms with Gasteiger partial charge in [-0.25, -0.2) is 4.79 Å². The maximum Gasteiger partial charge on any atom is 0.346 e. The van der Waals surface area contributed by atoms with Crippen LogP contribution in [-0.2, 0) is 0 Å². The summed E-state index contributed by atoms with van der Waals surface area (Å²) in [6, 6.07) is 1.55. The molecule has 0 radical (unpaired) electrons. The third-order valence-electron chi connectivity index (χ3n) is 2.50. The maximum absolute atomic E-state index is 11.0. The molecule has 0 aromatic carbocycles. The molecule has 94 valence electrons. The van der Waals surface area contributed by atoms with Crippen LogP contribution in [0.25, 0.3) is 0 Å². The quantitative estimate of drug-likeness (QED) is 0.441. The number of anilines is 1. The predicted molar refractivity (Wildman–Crippen MR) is 62.7 cm³/mol. The molecule has 17 heavy (non-hydrogen) atoms. The fraction of sp³-hybridized carbons (Fsp3) is 0.556. The molecule has 8 heteroatoms. The van der Waals surface area contributed by atoms with Gasteiger partial charge in [-0.05, 0) is 6.07 Å². The second-order valence-electron chi connectivity index (χ2n) is 3.68. The Bertz CT molecular complexity index is 440. The number of hydrogen-bond donors (Lipinski definition) is 5. The Morgan fingerprint density at radius 1 is 1.47 bits per heavy atom. The summed E-state index contributed by atoms with van der Waals surface area (Å²) in [6.45, 7) is -0.218. The lowest BCUT2D eigenvalue weighted by Crippen LogP contribution is -2.36. The molecule has 1 aromatic heterocycles. The van der Waals surface area contributed by atoms with Gasteiger partial charge in [0.25, 0.3) is 0 Å². The van der Waals surface area contributed by atoms with E-state index in [2.05, 4.69) is 15.3 Å². The van der Waals surface area contributed by atoms with E-state index in [1.165, 1.54) is 18.0 Å². The largest absolute Gasteiger partial charge is 0.395 e. The number of hydrogen-bond acceptors (Lipinski definition) is 7. The molecule has 1 fully saturated rings. The summed E-state index contributed by atoms with van der Waals surface area (Å²) >= 11 is 1.21. The summed E-state index contributed by atoms with van der Waals surface area (Å²) in [7, 11) is 0. The number of aliphatic hydroxyl groups is 3. The number of thioether (sulfide) groups is 1.